The van der Waals surface area contributed by atoms with E-state index in [1.807, 2.05) is 48.5 Å². The van der Waals surface area contributed by atoms with E-state index in [2.05, 4.69) is 4.99 Å². The van der Waals surface area contributed by atoms with Crippen LogP contribution < -0.4 is 29.1 Å². The number of ether oxygens (including phenoxy) is 4. The number of allylic oxidation sites excluding steroid dienone is 1. The number of rotatable bonds is 9. The summed E-state index contributed by atoms with van der Waals surface area (Å²) in [5.41, 5.74) is 2.80. The Balaban J connectivity index is 1.58. The van der Waals surface area contributed by atoms with Crippen LogP contribution in [0.3, 0.4) is 0 Å². The summed E-state index contributed by atoms with van der Waals surface area (Å²) in [6.45, 7) is 3.98. The molecule has 4 aromatic rings. The highest BCUT2D eigenvalue weighted by Gasteiger charge is 2.34. The quantitative estimate of drug-likeness (QED) is 0.249. The zero-order chi connectivity index (χ0) is 29.8. The van der Waals surface area contributed by atoms with Crippen molar-refractivity contribution in [1.29, 1.82) is 0 Å². The van der Waals surface area contributed by atoms with Crippen LogP contribution in [0, 0.1) is 0 Å². The van der Waals surface area contributed by atoms with Gasteiger partial charge in [-0.2, -0.15) is 0 Å². The lowest BCUT2D eigenvalue weighted by Crippen LogP contribution is -2.39. The first-order valence-corrected chi connectivity index (χ1v) is 14.4. The predicted octanol–water partition coefficient (Wildman–Crippen LogP) is 5.05. The molecule has 0 fully saturated rings. The van der Waals surface area contributed by atoms with E-state index in [1.165, 1.54) is 23.0 Å². The number of thiazole rings is 1. The molecule has 1 aromatic heterocycles. The van der Waals surface area contributed by atoms with Crippen LogP contribution in [0.1, 0.15) is 36.6 Å². The Kier molecular flexibility index (Phi) is 8.80. The van der Waals surface area contributed by atoms with Crippen molar-refractivity contribution in [2.45, 2.75) is 26.5 Å². The molecule has 8 nitrogen and oxygen atoms in total. The molecular weight excluding hydrogens is 576 g/mol. The molecule has 0 saturated carbocycles. The average Bonchev–Trinajstić information content (AvgIpc) is 3.29. The third-order valence-electron chi connectivity index (χ3n) is 6.75. The van der Waals surface area contributed by atoms with Crippen molar-refractivity contribution in [3.63, 3.8) is 0 Å². The molecule has 0 aliphatic carbocycles. The maximum atomic E-state index is 14.0. The standard InChI is InChI=1S/C32H29ClN2O6S/c1-5-40-31(37)28-19(2)34-32-35(29(28)21-13-14-25(38-3)26(17-21)39-4)30(36)27(42-32)16-20-9-8-11-23(15-20)41-18-22-10-6-7-12-24(22)33/h6-17,29H,5,18H2,1-4H3/b27-16-. The van der Waals surface area contributed by atoms with Crippen molar-refractivity contribution < 1.29 is 23.7 Å². The van der Waals surface area contributed by atoms with Crippen molar-refractivity contribution in [3.8, 4) is 17.2 Å². The number of carbonyl (C=O) groups is 1. The summed E-state index contributed by atoms with van der Waals surface area (Å²) in [5, 5.41) is 0.635. The molecule has 0 bridgehead atoms. The van der Waals surface area contributed by atoms with E-state index < -0.39 is 12.0 Å². The minimum Gasteiger partial charge on any atom is -0.493 e. The highest BCUT2D eigenvalue weighted by molar-refractivity contribution is 7.07. The van der Waals surface area contributed by atoms with Gasteiger partial charge in [-0.15, -0.1) is 0 Å². The van der Waals surface area contributed by atoms with Gasteiger partial charge in [0.2, 0.25) is 0 Å². The summed E-state index contributed by atoms with van der Waals surface area (Å²) < 4.78 is 24.3. The van der Waals surface area contributed by atoms with E-state index in [0.717, 1.165) is 11.1 Å². The zero-order valence-corrected chi connectivity index (χ0v) is 25.1. The molecule has 1 unspecified atom stereocenters. The summed E-state index contributed by atoms with van der Waals surface area (Å²) in [6, 6.07) is 19.5. The topological polar surface area (TPSA) is 88.4 Å². The monoisotopic (exact) mass is 604 g/mol. The smallest absolute Gasteiger partial charge is 0.338 e. The Bertz CT molecular complexity index is 1860. The van der Waals surface area contributed by atoms with Gasteiger partial charge in [0, 0.05) is 10.6 Å². The largest absolute Gasteiger partial charge is 0.493 e. The molecule has 42 heavy (non-hydrogen) atoms. The van der Waals surface area contributed by atoms with Gasteiger partial charge < -0.3 is 18.9 Å². The third kappa shape index (κ3) is 5.84. The maximum Gasteiger partial charge on any atom is 0.338 e. The highest BCUT2D eigenvalue weighted by atomic mass is 35.5. The first kappa shape index (κ1) is 29.2. The van der Waals surface area contributed by atoms with Crippen molar-refractivity contribution >= 4 is 35.0 Å². The molecule has 216 valence electrons. The van der Waals surface area contributed by atoms with Crippen LogP contribution in [0.25, 0.3) is 6.08 Å². The first-order chi connectivity index (χ1) is 20.3. The van der Waals surface area contributed by atoms with Crippen LogP contribution in [0.15, 0.2) is 87.8 Å². The van der Waals surface area contributed by atoms with E-state index in [-0.39, 0.29) is 17.7 Å². The molecule has 0 radical (unpaired) electrons. The van der Waals surface area contributed by atoms with E-state index >= 15 is 0 Å². The fourth-order valence-corrected chi connectivity index (χ4v) is 5.99. The van der Waals surface area contributed by atoms with Crippen molar-refractivity contribution in [2.24, 2.45) is 4.99 Å². The summed E-state index contributed by atoms with van der Waals surface area (Å²) in [7, 11) is 3.08. The van der Waals surface area contributed by atoms with Gasteiger partial charge in [-0.05, 0) is 61.4 Å². The molecule has 0 N–H and O–H groups in total. The zero-order valence-electron chi connectivity index (χ0n) is 23.5. The van der Waals surface area contributed by atoms with Gasteiger partial charge in [-0.3, -0.25) is 9.36 Å². The summed E-state index contributed by atoms with van der Waals surface area (Å²) >= 11 is 7.51. The number of esters is 1. The van der Waals surface area contributed by atoms with Gasteiger partial charge >= 0.3 is 5.97 Å². The van der Waals surface area contributed by atoms with Crippen LogP contribution in [0.4, 0.5) is 0 Å². The number of aromatic nitrogens is 1. The van der Waals surface area contributed by atoms with Crippen LogP contribution in [0.2, 0.25) is 5.02 Å². The molecule has 5 rings (SSSR count). The average molecular weight is 605 g/mol. The Hall–Kier alpha value is -4.34. The van der Waals surface area contributed by atoms with Crippen molar-refractivity contribution in [2.75, 3.05) is 20.8 Å². The fraction of sp³-hybridized carbons (Fsp3) is 0.219. The van der Waals surface area contributed by atoms with Crippen molar-refractivity contribution in [1.82, 2.24) is 4.57 Å². The second kappa shape index (κ2) is 12.7. The lowest BCUT2D eigenvalue weighted by molar-refractivity contribution is -0.139. The molecule has 1 atom stereocenters. The van der Waals surface area contributed by atoms with Gasteiger partial charge in [0.15, 0.2) is 16.3 Å². The minimum atomic E-state index is -0.771. The van der Waals surface area contributed by atoms with Gasteiger partial charge in [0.05, 0.1) is 42.7 Å². The van der Waals surface area contributed by atoms with Crippen LogP contribution in [-0.2, 0) is 16.1 Å². The van der Waals surface area contributed by atoms with Gasteiger partial charge in [0.25, 0.3) is 5.56 Å². The van der Waals surface area contributed by atoms with E-state index in [4.69, 9.17) is 30.5 Å². The number of nitrogens with zero attached hydrogens (tertiary/aromatic N) is 2. The number of carbonyl (C=O) groups excluding carboxylic acids is 1. The third-order valence-corrected chi connectivity index (χ3v) is 8.10. The number of hydrogen-bond donors (Lipinski definition) is 0. The van der Waals surface area contributed by atoms with Gasteiger partial charge in [-0.1, -0.05) is 59.3 Å². The molecule has 0 saturated heterocycles. The highest BCUT2D eigenvalue weighted by Crippen LogP contribution is 2.36. The summed E-state index contributed by atoms with van der Waals surface area (Å²) in [5.74, 6) is 1.11. The molecule has 0 amide bonds. The minimum absolute atomic E-state index is 0.188. The molecule has 3 aromatic carbocycles. The molecular formula is C32H29ClN2O6S. The number of benzene rings is 3. The number of fused-ring (bicyclic) bond motifs is 1. The Morgan fingerprint density at radius 3 is 2.57 bits per heavy atom. The maximum absolute atomic E-state index is 14.0. The normalized spacial score (nSPS) is 14.7. The van der Waals surface area contributed by atoms with Crippen molar-refractivity contribution in [3.05, 3.63) is 119 Å². The fourth-order valence-electron chi connectivity index (χ4n) is 4.75. The van der Waals surface area contributed by atoms with E-state index in [9.17, 15) is 9.59 Å². The summed E-state index contributed by atoms with van der Waals surface area (Å²) in [4.78, 5) is 32.2. The lowest BCUT2D eigenvalue weighted by Gasteiger charge is -2.25. The van der Waals surface area contributed by atoms with E-state index in [0.29, 0.717) is 49.5 Å². The predicted molar refractivity (Wildman–Crippen MR) is 162 cm³/mol. The van der Waals surface area contributed by atoms with E-state index in [1.54, 1.807) is 45.2 Å². The Morgan fingerprint density at radius 1 is 1.05 bits per heavy atom. The first-order valence-electron chi connectivity index (χ1n) is 13.2. The number of halogens is 1. The second-order valence-corrected chi connectivity index (χ2v) is 10.8. The number of hydrogen-bond acceptors (Lipinski definition) is 8. The molecule has 2 heterocycles. The van der Waals surface area contributed by atoms with Crippen LogP contribution in [-0.4, -0.2) is 31.4 Å². The second-order valence-electron chi connectivity index (χ2n) is 9.37. The molecule has 1 aliphatic rings. The van der Waals surface area contributed by atoms with Crippen LogP contribution >= 0.6 is 22.9 Å². The van der Waals surface area contributed by atoms with Gasteiger partial charge in [0.1, 0.15) is 12.4 Å². The Morgan fingerprint density at radius 2 is 1.83 bits per heavy atom. The Labute approximate surface area is 251 Å². The molecule has 0 spiro atoms. The SMILES string of the molecule is CCOC(=O)C1=C(C)N=c2s/c(=C\c3cccc(OCc4ccccc4Cl)c3)c(=O)n2C1c1ccc(OC)c(OC)c1. The molecule has 10 heteroatoms. The summed E-state index contributed by atoms with van der Waals surface area (Å²) in [6.07, 6.45) is 1.79. The molecule has 1 aliphatic heterocycles. The lowest BCUT2D eigenvalue weighted by atomic mass is 9.95. The number of methoxy groups -OCH3 is 2. The van der Waals surface area contributed by atoms with Gasteiger partial charge in [-0.25, -0.2) is 9.79 Å². The van der Waals surface area contributed by atoms with Crippen LogP contribution in [0.5, 0.6) is 17.2 Å².